The molecule has 1 aromatic carbocycles. The lowest BCUT2D eigenvalue weighted by Gasteiger charge is -2.17. The molecule has 1 aromatic heterocycles. The van der Waals surface area contributed by atoms with E-state index in [9.17, 15) is 0 Å². The molecule has 0 radical (unpaired) electrons. The Balaban J connectivity index is 1.95. The van der Waals surface area contributed by atoms with Gasteiger partial charge in [0.05, 0.1) is 18.8 Å². The van der Waals surface area contributed by atoms with E-state index in [-0.39, 0.29) is 6.04 Å². The first kappa shape index (κ1) is 14.5. The molecule has 1 unspecified atom stereocenters. The number of aromatic nitrogens is 1. The maximum atomic E-state index is 5.36. The zero-order chi connectivity index (χ0) is 14.8. The van der Waals surface area contributed by atoms with Gasteiger partial charge in [-0.05, 0) is 49.9 Å². The van der Waals surface area contributed by atoms with Crippen LogP contribution in [-0.4, -0.2) is 18.6 Å². The minimum atomic E-state index is 0.190. The fourth-order valence-electron chi connectivity index (χ4n) is 2.97. The Morgan fingerprint density at radius 1 is 1.38 bits per heavy atom. The summed E-state index contributed by atoms with van der Waals surface area (Å²) in [6.07, 6.45) is 3.61. The molecule has 1 aliphatic rings. The van der Waals surface area contributed by atoms with Crippen LogP contribution in [0.15, 0.2) is 18.2 Å². The van der Waals surface area contributed by atoms with E-state index in [1.54, 1.807) is 7.11 Å². The van der Waals surface area contributed by atoms with Crippen molar-refractivity contribution in [1.29, 1.82) is 0 Å². The molecule has 0 spiro atoms. The molecule has 3 rings (SSSR count). The Hall–Kier alpha value is -1.39. The van der Waals surface area contributed by atoms with E-state index in [1.165, 1.54) is 39.5 Å². The van der Waals surface area contributed by atoms with Gasteiger partial charge in [-0.25, -0.2) is 4.98 Å². The second-order valence-electron chi connectivity index (χ2n) is 5.50. The van der Waals surface area contributed by atoms with Crippen molar-refractivity contribution in [3.8, 4) is 5.75 Å². The number of methoxy groups -OCH3 is 1. The number of nitrogens with one attached hydrogen (secondary N) is 1. The van der Waals surface area contributed by atoms with Crippen molar-refractivity contribution in [2.24, 2.45) is 0 Å². The van der Waals surface area contributed by atoms with Crippen LogP contribution in [-0.2, 0) is 12.8 Å². The SMILES string of the molecule is CCNC(c1ccc(OC)c(C)c1)c1nc2c(s1)CCC2. The molecule has 21 heavy (non-hydrogen) atoms. The Kier molecular flexibility index (Phi) is 4.27. The molecular formula is C17H22N2OS. The third-order valence-electron chi connectivity index (χ3n) is 4.02. The fraction of sp³-hybridized carbons (Fsp3) is 0.471. The predicted octanol–water partition coefficient (Wildman–Crippen LogP) is 3.65. The lowest BCUT2D eigenvalue weighted by Crippen LogP contribution is -2.22. The van der Waals surface area contributed by atoms with Crippen molar-refractivity contribution in [2.45, 2.75) is 39.2 Å². The number of hydrogen-bond donors (Lipinski definition) is 1. The Morgan fingerprint density at radius 3 is 2.90 bits per heavy atom. The minimum absolute atomic E-state index is 0.190. The van der Waals surface area contributed by atoms with Gasteiger partial charge in [-0.15, -0.1) is 11.3 Å². The smallest absolute Gasteiger partial charge is 0.121 e. The lowest BCUT2D eigenvalue weighted by molar-refractivity contribution is 0.411. The summed E-state index contributed by atoms with van der Waals surface area (Å²) in [7, 11) is 1.72. The van der Waals surface area contributed by atoms with Crippen molar-refractivity contribution in [2.75, 3.05) is 13.7 Å². The van der Waals surface area contributed by atoms with Crippen LogP contribution in [0.4, 0.5) is 0 Å². The van der Waals surface area contributed by atoms with Crippen LogP contribution in [0.1, 0.15) is 46.1 Å². The molecule has 112 valence electrons. The molecular weight excluding hydrogens is 280 g/mol. The van der Waals surface area contributed by atoms with E-state index in [0.29, 0.717) is 0 Å². The number of thiazole rings is 1. The molecule has 0 saturated heterocycles. The van der Waals surface area contributed by atoms with Crippen molar-refractivity contribution >= 4 is 11.3 Å². The van der Waals surface area contributed by atoms with Crippen LogP contribution in [0.25, 0.3) is 0 Å². The van der Waals surface area contributed by atoms with E-state index in [1.807, 2.05) is 11.3 Å². The average Bonchev–Trinajstić information content (AvgIpc) is 3.05. The highest BCUT2D eigenvalue weighted by Crippen LogP contribution is 2.34. The summed E-state index contributed by atoms with van der Waals surface area (Å²) in [6, 6.07) is 6.59. The van der Waals surface area contributed by atoms with E-state index >= 15 is 0 Å². The fourth-order valence-corrected chi connectivity index (χ4v) is 4.22. The summed E-state index contributed by atoms with van der Waals surface area (Å²) in [5.41, 5.74) is 3.76. The topological polar surface area (TPSA) is 34.1 Å². The molecule has 2 aromatic rings. The van der Waals surface area contributed by atoms with Crippen LogP contribution < -0.4 is 10.1 Å². The van der Waals surface area contributed by atoms with Gasteiger partial charge in [0, 0.05) is 4.88 Å². The molecule has 0 fully saturated rings. The molecule has 4 heteroatoms. The summed E-state index contributed by atoms with van der Waals surface area (Å²) in [6.45, 7) is 5.16. The highest BCUT2D eigenvalue weighted by molar-refractivity contribution is 7.11. The van der Waals surface area contributed by atoms with Crippen LogP contribution in [0, 0.1) is 6.92 Å². The van der Waals surface area contributed by atoms with Gasteiger partial charge in [0.1, 0.15) is 10.8 Å². The number of ether oxygens (including phenoxy) is 1. The quantitative estimate of drug-likeness (QED) is 0.915. The third kappa shape index (κ3) is 2.83. The predicted molar refractivity (Wildman–Crippen MR) is 87.4 cm³/mol. The normalized spacial score (nSPS) is 15.0. The maximum Gasteiger partial charge on any atom is 0.121 e. The van der Waals surface area contributed by atoms with Gasteiger partial charge in [-0.3, -0.25) is 0 Å². The molecule has 0 saturated carbocycles. The summed E-state index contributed by atoms with van der Waals surface area (Å²) in [5.74, 6) is 0.940. The van der Waals surface area contributed by atoms with Crippen LogP contribution >= 0.6 is 11.3 Å². The van der Waals surface area contributed by atoms with E-state index < -0.39 is 0 Å². The standard InChI is InChI=1S/C17H22N2OS/c1-4-18-16(12-8-9-14(20-3)11(2)10-12)17-19-13-6-5-7-15(13)21-17/h8-10,16,18H,4-7H2,1-3H3. The number of benzene rings is 1. The summed E-state index contributed by atoms with van der Waals surface area (Å²) >= 11 is 1.88. The largest absolute Gasteiger partial charge is 0.496 e. The van der Waals surface area contributed by atoms with Crippen LogP contribution in [0.3, 0.4) is 0 Å². The highest BCUT2D eigenvalue weighted by Gasteiger charge is 2.23. The zero-order valence-electron chi connectivity index (χ0n) is 12.9. The van der Waals surface area contributed by atoms with Crippen LogP contribution in [0.5, 0.6) is 5.75 Å². The van der Waals surface area contributed by atoms with Crippen molar-refractivity contribution < 1.29 is 4.74 Å². The minimum Gasteiger partial charge on any atom is -0.496 e. The molecule has 0 amide bonds. The summed E-state index contributed by atoms with van der Waals surface area (Å²) in [5, 5.41) is 4.78. The molecule has 0 aliphatic heterocycles. The lowest BCUT2D eigenvalue weighted by atomic mass is 10.0. The molecule has 1 N–H and O–H groups in total. The second-order valence-corrected chi connectivity index (χ2v) is 6.61. The van der Waals surface area contributed by atoms with Gasteiger partial charge < -0.3 is 10.1 Å². The first-order valence-corrected chi connectivity index (χ1v) is 8.41. The van der Waals surface area contributed by atoms with Crippen LogP contribution in [0.2, 0.25) is 0 Å². The molecule has 1 heterocycles. The average molecular weight is 302 g/mol. The van der Waals surface area contributed by atoms with E-state index in [4.69, 9.17) is 9.72 Å². The van der Waals surface area contributed by atoms with E-state index in [2.05, 4.69) is 37.4 Å². The monoisotopic (exact) mass is 302 g/mol. The van der Waals surface area contributed by atoms with Gasteiger partial charge in [-0.1, -0.05) is 19.1 Å². The van der Waals surface area contributed by atoms with Gasteiger partial charge >= 0.3 is 0 Å². The highest BCUT2D eigenvalue weighted by atomic mass is 32.1. The van der Waals surface area contributed by atoms with E-state index in [0.717, 1.165) is 18.7 Å². The number of rotatable bonds is 5. The number of fused-ring (bicyclic) bond motifs is 1. The molecule has 1 atom stereocenters. The first-order valence-electron chi connectivity index (χ1n) is 7.59. The maximum absolute atomic E-state index is 5.36. The third-order valence-corrected chi connectivity index (χ3v) is 5.24. The van der Waals surface area contributed by atoms with Gasteiger partial charge in [-0.2, -0.15) is 0 Å². The molecule has 1 aliphatic carbocycles. The number of nitrogens with zero attached hydrogens (tertiary/aromatic N) is 1. The summed E-state index contributed by atoms with van der Waals surface area (Å²) in [4.78, 5) is 6.37. The van der Waals surface area contributed by atoms with Gasteiger partial charge in [0.15, 0.2) is 0 Å². The molecule has 3 nitrogen and oxygen atoms in total. The Morgan fingerprint density at radius 2 is 2.24 bits per heavy atom. The first-order chi connectivity index (χ1) is 10.2. The second kappa shape index (κ2) is 6.16. The van der Waals surface area contributed by atoms with Gasteiger partial charge in [0.25, 0.3) is 0 Å². The van der Waals surface area contributed by atoms with Crippen molar-refractivity contribution in [1.82, 2.24) is 10.3 Å². The Bertz CT molecular complexity index is 614. The molecule has 0 bridgehead atoms. The Labute approximate surface area is 130 Å². The zero-order valence-corrected chi connectivity index (χ0v) is 13.7. The number of hydrogen-bond acceptors (Lipinski definition) is 4. The van der Waals surface area contributed by atoms with Crippen molar-refractivity contribution in [3.63, 3.8) is 0 Å². The number of aryl methyl sites for hydroxylation is 3. The van der Waals surface area contributed by atoms with Gasteiger partial charge in [0.2, 0.25) is 0 Å². The summed E-state index contributed by atoms with van der Waals surface area (Å²) < 4.78 is 5.36. The van der Waals surface area contributed by atoms with Crippen molar-refractivity contribution in [3.05, 3.63) is 44.9 Å².